The van der Waals surface area contributed by atoms with Crippen LogP contribution in [0.2, 0.25) is 0 Å². The van der Waals surface area contributed by atoms with Crippen molar-refractivity contribution in [1.29, 1.82) is 0 Å². The molecule has 12 N–H and O–H groups in total. The summed E-state index contributed by atoms with van der Waals surface area (Å²) < 4.78 is 23.5. The Bertz CT molecular complexity index is 3570. The molecule has 0 aromatic heterocycles. The molecule has 0 spiro atoms. The van der Waals surface area contributed by atoms with Crippen molar-refractivity contribution in [2.75, 3.05) is 85.7 Å². The summed E-state index contributed by atoms with van der Waals surface area (Å²) in [6, 6.07) is 5.82. The lowest BCUT2D eigenvalue weighted by Gasteiger charge is -2.41. The number of ketones is 1. The molecule has 14 amide bonds. The number of thioether (sulfide) groups is 1. The highest BCUT2D eigenvalue weighted by Crippen LogP contribution is 2.52. The van der Waals surface area contributed by atoms with E-state index in [0.717, 1.165) is 24.0 Å². The molecule has 1 aliphatic carbocycles. The van der Waals surface area contributed by atoms with Gasteiger partial charge in [0.2, 0.25) is 59.1 Å². The van der Waals surface area contributed by atoms with Crippen LogP contribution in [0.15, 0.2) is 42.5 Å². The molecule has 2 aromatic carbocycles. The van der Waals surface area contributed by atoms with E-state index in [1.54, 1.807) is 77.1 Å². The number of likely N-dealkylation sites (N-methyl/N-ethyl adjacent to an activating group) is 2. The van der Waals surface area contributed by atoms with Gasteiger partial charge in [-0.15, -0.1) is 11.8 Å². The van der Waals surface area contributed by atoms with E-state index in [2.05, 4.69) is 42.5 Å². The first-order valence-corrected chi connectivity index (χ1v) is 40.0. The molecule has 3 fully saturated rings. The number of nitrogens with one attached hydrogen (secondary N) is 8. The van der Waals surface area contributed by atoms with E-state index in [9.17, 15) is 62.3 Å². The van der Waals surface area contributed by atoms with Crippen molar-refractivity contribution >= 4 is 101 Å². The summed E-state index contributed by atoms with van der Waals surface area (Å²) in [5.41, 5.74) is 13.5. The Morgan fingerprint density at radius 3 is 1.96 bits per heavy atom. The first-order chi connectivity index (χ1) is 52.9. The third-order valence-corrected chi connectivity index (χ3v) is 22.6. The average Bonchev–Trinajstić information content (AvgIpc) is 1.58. The van der Waals surface area contributed by atoms with E-state index in [1.807, 2.05) is 72.4 Å². The molecule has 1 unspecified atom stereocenters. The Kier molecular flexibility index (Phi) is 37.7. The first kappa shape index (κ1) is 93.6. The number of nitrogens with two attached hydrogens (primary N) is 2. The number of benzene rings is 2. The zero-order chi connectivity index (χ0) is 83.4. The maximum atomic E-state index is 15.0. The lowest BCUT2D eigenvalue weighted by molar-refractivity contribution is -0.148. The molecule has 3 aliphatic rings. The number of imide groups is 1. The predicted molar refractivity (Wildman–Crippen MR) is 422 cm³/mol. The SMILES string of the molecule is CC[C@H](C)[C@@H]([C@@H](CC(=O)N1C[C@@H](OC(=O)NCCNC(=O)OCc2ccc(NC(=O)[C@H](CCCNC(N)=O)NC(=O)[C@@H](NC(=O)CCCCCN3C(=O)CC(SCC4(CC(N)=O)CC4)C3=O)C(C)C)cc2)C[C@H]1[C@H](OC)[C@@H](C)C(=O)NCC(=O)c1ccc(C)cc1C)OC)N(C)C(=O)[C@@H](NC(=O)[C@H](C(C)C)N(C)C)C(C)C. The molecule has 0 radical (unpaired) electrons. The van der Waals surface area contributed by atoms with Gasteiger partial charge in [-0.1, -0.05) is 111 Å². The number of hydrogen-bond acceptors (Lipinski definition) is 20. The van der Waals surface area contributed by atoms with Crippen LogP contribution in [0.1, 0.15) is 173 Å². The van der Waals surface area contributed by atoms with Crippen LogP contribution in [0.3, 0.4) is 0 Å². The Morgan fingerprint density at radius 2 is 1.38 bits per heavy atom. The fraction of sp³-hybridized carbons (Fsp3) is 0.671. The average molecular weight is 1590 g/mol. The van der Waals surface area contributed by atoms with Gasteiger partial charge in [-0.05, 0) is 119 Å². The van der Waals surface area contributed by atoms with Crippen molar-refractivity contribution in [3.8, 4) is 0 Å². The Hall–Kier alpha value is -8.95. The Morgan fingerprint density at radius 1 is 0.714 bits per heavy atom. The largest absolute Gasteiger partial charge is 0.445 e. The molecule has 2 aliphatic heterocycles. The summed E-state index contributed by atoms with van der Waals surface area (Å²) in [6.07, 6.45) is -0.341. The molecule has 32 nitrogen and oxygen atoms in total. The second kappa shape index (κ2) is 45.1. The standard InChI is InChI=1S/C79H124N14O18S/c1-17-49(9)68(91(14)75(104)66(46(4)5)89-73(102)67(47(6)7)90(12)13)59(108-15)38-63(97)93-42-54(37-57(93)69(109-16)51(11)70(99)85-41-58(94)55-29-24-48(8)36-50(55)10)111-78(107)84-34-33-83-77(106)110-43-52-25-27-53(28-26-52)86-71(100)56(22-21-32-82-76(81)105)87-72(101)65(45(2)3)88-62(96)23-19-18-20-35-92-64(98)39-60(74(92)103)112-44-79(30-31-79)40-61(80)95/h24-29,36,45-47,49,51,54,56-57,59-60,65-69H,17-23,30-35,37-44H2,1-16H3,(H2,80,95)(H,83,106)(H,84,107)(H,85,99)(H,86,100)(H,87,101)(H,88,96)(H,89,102)(H3,81,82,105)/t49-,51+,54-,56-,57-,59+,60?,65-,66-,67-,68-,69+/m0/s1. The van der Waals surface area contributed by atoms with Crippen LogP contribution in [0, 0.1) is 48.9 Å². The zero-order valence-electron chi connectivity index (χ0n) is 68.3. The summed E-state index contributed by atoms with van der Waals surface area (Å²) in [5, 5.41) is 21.2. The highest BCUT2D eigenvalue weighted by atomic mass is 32.2. The van der Waals surface area contributed by atoms with Gasteiger partial charge in [-0.25, -0.2) is 14.4 Å². The molecule has 33 heteroatoms. The lowest BCUT2D eigenvalue weighted by atomic mass is 9.89. The number of hydrogen-bond donors (Lipinski definition) is 10. The molecule has 112 heavy (non-hydrogen) atoms. The highest BCUT2D eigenvalue weighted by molar-refractivity contribution is 8.00. The summed E-state index contributed by atoms with van der Waals surface area (Å²) in [6.45, 7) is 19.7. The number of aryl methyl sites for hydroxylation is 2. The number of unbranched alkanes of at least 4 members (excludes halogenated alkanes) is 2. The van der Waals surface area contributed by atoms with Crippen LogP contribution >= 0.6 is 11.8 Å². The molecule has 5 rings (SSSR count). The monoisotopic (exact) mass is 1590 g/mol. The number of alkyl carbamates (subject to hydrolysis) is 2. The fourth-order valence-electron chi connectivity index (χ4n) is 14.4. The van der Waals surface area contributed by atoms with E-state index in [4.69, 9.17) is 30.4 Å². The zero-order valence-corrected chi connectivity index (χ0v) is 69.1. The van der Waals surface area contributed by atoms with Gasteiger partial charge < -0.3 is 82.7 Å². The number of carbonyl (C=O) groups is 14. The van der Waals surface area contributed by atoms with Crippen LogP contribution in [-0.2, 0) is 73.5 Å². The number of carbonyl (C=O) groups excluding carboxylic acids is 14. The highest BCUT2D eigenvalue weighted by Gasteiger charge is 2.49. The third-order valence-electron chi connectivity index (χ3n) is 21.0. The number of anilines is 1. The van der Waals surface area contributed by atoms with E-state index < -0.39 is 119 Å². The molecular weight excluding hydrogens is 1470 g/mol. The van der Waals surface area contributed by atoms with Gasteiger partial charge in [-0.3, -0.25) is 62.5 Å². The van der Waals surface area contributed by atoms with Crippen LogP contribution in [0.5, 0.6) is 0 Å². The number of nitrogens with zero attached hydrogens (tertiary/aromatic N) is 4. The normalized spacial score (nSPS) is 18.3. The van der Waals surface area contributed by atoms with Gasteiger partial charge in [0.05, 0.1) is 61.0 Å². The number of methoxy groups -OCH3 is 2. The van der Waals surface area contributed by atoms with E-state index in [0.29, 0.717) is 48.3 Å². The lowest BCUT2D eigenvalue weighted by Crippen LogP contribution is -2.59. The number of urea groups is 1. The topological polar surface area (TPSA) is 437 Å². The summed E-state index contributed by atoms with van der Waals surface area (Å²) >= 11 is 1.40. The minimum absolute atomic E-state index is 0.0201. The van der Waals surface area contributed by atoms with Gasteiger partial charge in [0.1, 0.15) is 30.8 Å². The number of rotatable bonds is 47. The fourth-order valence-corrected chi connectivity index (χ4v) is 15.9. The smallest absolute Gasteiger partial charge is 0.407 e. The Labute approximate surface area is 663 Å². The first-order valence-electron chi connectivity index (χ1n) is 38.9. The van der Waals surface area contributed by atoms with Gasteiger partial charge >= 0.3 is 18.2 Å². The number of amides is 14. The Balaban J connectivity index is 1.15. The molecule has 0 bridgehead atoms. The summed E-state index contributed by atoms with van der Waals surface area (Å²) in [4.78, 5) is 193. The minimum Gasteiger partial charge on any atom is -0.445 e. The van der Waals surface area contributed by atoms with Crippen molar-refractivity contribution in [3.05, 3.63) is 64.7 Å². The molecule has 1 saturated carbocycles. The summed E-state index contributed by atoms with van der Waals surface area (Å²) in [7, 11) is 8.10. The maximum Gasteiger partial charge on any atom is 0.407 e. The molecule has 2 aromatic rings. The van der Waals surface area contributed by atoms with Crippen LogP contribution in [0.4, 0.5) is 20.1 Å². The van der Waals surface area contributed by atoms with E-state index in [1.165, 1.54) is 35.8 Å². The van der Waals surface area contributed by atoms with Crippen molar-refractivity contribution in [3.63, 3.8) is 0 Å². The van der Waals surface area contributed by atoms with Crippen LogP contribution < -0.4 is 54.0 Å². The third kappa shape index (κ3) is 28.6. The summed E-state index contributed by atoms with van der Waals surface area (Å²) in [5.74, 6) is -5.82. The maximum absolute atomic E-state index is 15.0. The van der Waals surface area contributed by atoms with Gasteiger partial charge in [0, 0.05) is 90.1 Å². The van der Waals surface area contributed by atoms with Gasteiger partial charge in [0.15, 0.2) is 5.78 Å². The number of likely N-dealkylation sites (tertiary alicyclic amines) is 2. The second-order valence-corrected chi connectivity index (χ2v) is 32.4. The number of ether oxygens (including phenoxy) is 4. The van der Waals surface area contributed by atoms with E-state index >= 15 is 4.79 Å². The predicted octanol–water partition coefficient (Wildman–Crippen LogP) is 4.97. The van der Waals surface area contributed by atoms with Gasteiger partial charge in [-0.2, -0.15) is 0 Å². The molecule has 2 heterocycles. The number of primary amides is 2. The molecule has 624 valence electrons. The van der Waals surface area contributed by atoms with Crippen LogP contribution in [-0.4, -0.2) is 243 Å². The quantitative estimate of drug-likeness (QED) is 0.0237. The van der Waals surface area contributed by atoms with Crippen molar-refractivity contribution in [1.82, 2.24) is 56.8 Å². The molecule has 12 atom stereocenters. The van der Waals surface area contributed by atoms with E-state index in [-0.39, 0.29) is 149 Å². The second-order valence-electron chi connectivity index (χ2n) is 31.3. The van der Waals surface area contributed by atoms with Crippen molar-refractivity contribution in [2.45, 2.75) is 226 Å². The van der Waals surface area contributed by atoms with Gasteiger partial charge in [0.25, 0.3) is 0 Å². The minimum atomic E-state index is -1.13. The van der Waals surface area contributed by atoms with Crippen molar-refractivity contribution in [2.24, 2.45) is 46.5 Å². The van der Waals surface area contributed by atoms with Crippen LogP contribution in [0.25, 0.3) is 0 Å². The molecular formula is C79H124N14O18S. The van der Waals surface area contributed by atoms with Crippen molar-refractivity contribution < 1.29 is 86.1 Å². The number of Topliss-reactive ketones (excluding diaryl/α,β-unsaturated/α-hetero) is 1. The molecule has 2 saturated heterocycles.